The van der Waals surface area contributed by atoms with E-state index in [1.54, 1.807) is 0 Å². The molecule has 1 aromatic heterocycles. The lowest BCUT2D eigenvalue weighted by atomic mass is 10.1. The van der Waals surface area contributed by atoms with Crippen molar-refractivity contribution in [1.29, 1.82) is 0 Å². The number of guanidine groups is 1. The Morgan fingerprint density at radius 2 is 2.26 bits per heavy atom. The maximum absolute atomic E-state index is 4.77. The Labute approximate surface area is 144 Å². The van der Waals surface area contributed by atoms with Crippen LogP contribution >= 0.6 is 11.3 Å². The average Bonchev–Trinajstić information content (AvgIpc) is 3.21. The predicted octanol–water partition coefficient (Wildman–Crippen LogP) is 2.14. The Bertz CT molecular complexity index is 485. The number of nitrogens with zero attached hydrogens (tertiary/aromatic N) is 3. The lowest BCUT2D eigenvalue weighted by molar-refractivity contribution is 0.343. The summed E-state index contributed by atoms with van der Waals surface area (Å²) < 4.78 is 0. The molecular weight excluding hydrogens is 306 g/mol. The Morgan fingerprint density at radius 3 is 2.91 bits per heavy atom. The molecule has 0 bridgehead atoms. The zero-order chi connectivity index (χ0) is 16.5. The second kappa shape index (κ2) is 9.88. The van der Waals surface area contributed by atoms with Gasteiger partial charge in [-0.15, -0.1) is 11.3 Å². The molecule has 1 saturated heterocycles. The van der Waals surface area contributed by atoms with Crippen molar-refractivity contribution in [3.8, 4) is 0 Å². The molecule has 23 heavy (non-hydrogen) atoms. The van der Waals surface area contributed by atoms with Crippen LogP contribution in [0.2, 0.25) is 0 Å². The minimum Gasteiger partial charge on any atom is -0.357 e. The molecular formula is C17H31N5S. The van der Waals surface area contributed by atoms with Gasteiger partial charge in [0.15, 0.2) is 5.96 Å². The molecule has 0 aromatic carbocycles. The highest BCUT2D eigenvalue weighted by Gasteiger charge is 2.20. The molecule has 5 nitrogen and oxygen atoms in total. The van der Waals surface area contributed by atoms with Crippen LogP contribution in [0.15, 0.2) is 11.2 Å². The zero-order valence-corrected chi connectivity index (χ0v) is 15.6. The van der Waals surface area contributed by atoms with Crippen LogP contribution in [0.5, 0.6) is 0 Å². The van der Waals surface area contributed by atoms with Gasteiger partial charge in [0.05, 0.1) is 5.01 Å². The van der Waals surface area contributed by atoms with E-state index in [0.29, 0.717) is 5.92 Å². The third-order valence-corrected chi connectivity index (χ3v) is 5.45. The number of aliphatic imine (C=N–C) groups is 1. The topological polar surface area (TPSA) is 52.6 Å². The molecule has 2 rings (SSSR count). The van der Waals surface area contributed by atoms with Crippen molar-refractivity contribution in [3.05, 3.63) is 16.1 Å². The number of hydrogen-bond donors (Lipinski definition) is 2. The van der Waals surface area contributed by atoms with Crippen molar-refractivity contribution in [2.24, 2.45) is 10.9 Å². The van der Waals surface area contributed by atoms with Gasteiger partial charge in [-0.05, 0) is 38.8 Å². The third kappa shape index (κ3) is 6.11. The first-order valence-electron chi connectivity index (χ1n) is 8.93. The first-order valence-corrected chi connectivity index (χ1v) is 9.74. The van der Waals surface area contributed by atoms with E-state index in [1.165, 1.54) is 29.4 Å². The van der Waals surface area contributed by atoms with Crippen LogP contribution in [0.3, 0.4) is 0 Å². The third-order valence-electron chi connectivity index (χ3n) is 4.25. The summed E-state index contributed by atoms with van der Waals surface area (Å²) in [6.07, 6.45) is 5.31. The first kappa shape index (κ1) is 18.2. The monoisotopic (exact) mass is 337 g/mol. The summed E-state index contributed by atoms with van der Waals surface area (Å²) in [4.78, 5) is 13.1. The van der Waals surface area contributed by atoms with Gasteiger partial charge >= 0.3 is 0 Å². The summed E-state index contributed by atoms with van der Waals surface area (Å²) in [7, 11) is 0. The molecule has 1 aliphatic rings. The van der Waals surface area contributed by atoms with Crippen molar-refractivity contribution in [1.82, 2.24) is 20.5 Å². The number of thiazole rings is 1. The van der Waals surface area contributed by atoms with Crippen LogP contribution in [0.1, 0.15) is 37.1 Å². The van der Waals surface area contributed by atoms with Crippen LogP contribution < -0.4 is 10.6 Å². The maximum atomic E-state index is 4.77. The lowest BCUT2D eigenvalue weighted by Crippen LogP contribution is -2.38. The SMILES string of the molecule is CCNC(=NCC1CCN(CC)C1)NCCc1ncc(CC)s1. The highest BCUT2D eigenvalue weighted by molar-refractivity contribution is 7.11. The largest absolute Gasteiger partial charge is 0.357 e. The fraction of sp³-hybridized carbons (Fsp3) is 0.765. The standard InChI is InChI=1S/C17H31N5S/c1-4-15-12-20-16(23-15)7-9-19-17(18-5-2)21-11-14-8-10-22(6-3)13-14/h12,14H,4-11,13H2,1-3H3,(H2,18,19,21). The second-order valence-electron chi connectivity index (χ2n) is 6.02. The van der Waals surface area contributed by atoms with E-state index in [0.717, 1.165) is 45.0 Å². The van der Waals surface area contributed by atoms with E-state index in [9.17, 15) is 0 Å². The quantitative estimate of drug-likeness (QED) is 0.564. The molecule has 1 unspecified atom stereocenters. The van der Waals surface area contributed by atoms with Crippen molar-refractivity contribution in [2.45, 2.75) is 40.0 Å². The van der Waals surface area contributed by atoms with Gasteiger partial charge in [0.25, 0.3) is 0 Å². The predicted molar refractivity (Wildman–Crippen MR) is 99.4 cm³/mol. The van der Waals surface area contributed by atoms with Gasteiger partial charge in [-0.2, -0.15) is 0 Å². The minimum absolute atomic E-state index is 0.705. The number of nitrogens with one attached hydrogen (secondary N) is 2. The van der Waals surface area contributed by atoms with Gasteiger partial charge in [-0.3, -0.25) is 4.99 Å². The smallest absolute Gasteiger partial charge is 0.191 e. The Hall–Kier alpha value is -1.14. The molecule has 1 aliphatic heterocycles. The van der Waals surface area contributed by atoms with E-state index >= 15 is 0 Å². The van der Waals surface area contributed by atoms with E-state index in [1.807, 2.05) is 17.5 Å². The van der Waals surface area contributed by atoms with Gasteiger partial charge < -0.3 is 15.5 Å². The number of likely N-dealkylation sites (tertiary alicyclic amines) is 1. The van der Waals surface area contributed by atoms with Gasteiger partial charge in [0, 0.05) is 43.7 Å². The van der Waals surface area contributed by atoms with Crippen LogP contribution in [-0.2, 0) is 12.8 Å². The number of rotatable bonds is 8. The van der Waals surface area contributed by atoms with Crippen LogP contribution in [-0.4, -0.2) is 55.1 Å². The molecule has 0 amide bonds. The van der Waals surface area contributed by atoms with Gasteiger partial charge in [-0.25, -0.2) is 4.98 Å². The molecule has 0 saturated carbocycles. The molecule has 0 aliphatic carbocycles. The molecule has 2 N–H and O–H groups in total. The Kier molecular flexibility index (Phi) is 7.82. The number of hydrogen-bond acceptors (Lipinski definition) is 4. The number of aromatic nitrogens is 1. The van der Waals surface area contributed by atoms with E-state index in [2.05, 4.69) is 41.3 Å². The number of aryl methyl sites for hydroxylation is 1. The van der Waals surface area contributed by atoms with Gasteiger partial charge in [0.2, 0.25) is 0 Å². The summed E-state index contributed by atoms with van der Waals surface area (Å²) in [5.41, 5.74) is 0. The summed E-state index contributed by atoms with van der Waals surface area (Å²) in [6, 6.07) is 0. The Morgan fingerprint density at radius 1 is 1.39 bits per heavy atom. The lowest BCUT2D eigenvalue weighted by Gasteiger charge is -2.13. The molecule has 6 heteroatoms. The molecule has 1 aromatic rings. The summed E-state index contributed by atoms with van der Waals surface area (Å²) >= 11 is 1.82. The summed E-state index contributed by atoms with van der Waals surface area (Å²) in [5.74, 6) is 1.64. The van der Waals surface area contributed by atoms with Crippen molar-refractivity contribution < 1.29 is 0 Å². The summed E-state index contributed by atoms with van der Waals surface area (Å²) in [6.45, 7) is 12.8. The van der Waals surface area contributed by atoms with Crippen molar-refractivity contribution in [3.63, 3.8) is 0 Å². The molecule has 2 heterocycles. The van der Waals surface area contributed by atoms with E-state index in [4.69, 9.17) is 4.99 Å². The zero-order valence-electron chi connectivity index (χ0n) is 14.8. The molecule has 0 radical (unpaired) electrons. The van der Waals surface area contributed by atoms with Crippen LogP contribution in [0.25, 0.3) is 0 Å². The van der Waals surface area contributed by atoms with Crippen LogP contribution in [0, 0.1) is 5.92 Å². The fourth-order valence-electron chi connectivity index (χ4n) is 2.83. The van der Waals surface area contributed by atoms with Crippen molar-refractivity contribution >= 4 is 17.3 Å². The van der Waals surface area contributed by atoms with E-state index < -0.39 is 0 Å². The maximum Gasteiger partial charge on any atom is 0.191 e. The molecule has 1 atom stereocenters. The van der Waals surface area contributed by atoms with Gasteiger partial charge in [0.1, 0.15) is 0 Å². The molecule has 0 spiro atoms. The van der Waals surface area contributed by atoms with E-state index in [-0.39, 0.29) is 0 Å². The van der Waals surface area contributed by atoms with Crippen molar-refractivity contribution in [2.75, 3.05) is 39.3 Å². The van der Waals surface area contributed by atoms with Crippen LogP contribution in [0.4, 0.5) is 0 Å². The van der Waals surface area contributed by atoms with Gasteiger partial charge in [-0.1, -0.05) is 13.8 Å². The average molecular weight is 338 g/mol. The minimum atomic E-state index is 0.705. The summed E-state index contributed by atoms with van der Waals surface area (Å²) in [5, 5.41) is 7.99. The first-order chi connectivity index (χ1) is 11.2. The Balaban J connectivity index is 1.75. The highest BCUT2D eigenvalue weighted by Crippen LogP contribution is 2.16. The molecule has 130 valence electrons. The highest BCUT2D eigenvalue weighted by atomic mass is 32.1. The normalized spacial score (nSPS) is 19.3. The molecule has 1 fully saturated rings. The fourth-order valence-corrected chi connectivity index (χ4v) is 3.69. The second-order valence-corrected chi connectivity index (χ2v) is 7.22.